The first-order chi connectivity index (χ1) is 4.45. The van der Waals surface area contributed by atoms with Gasteiger partial charge in [-0.3, -0.25) is 4.52 Å². The van der Waals surface area contributed by atoms with Gasteiger partial charge in [-0.05, 0) is 0 Å². The predicted octanol–water partition coefficient (Wildman–Crippen LogP) is -1.11. The minimum absolute atomic E-state index is 0.631. The molecule has 6 nitrogen and oxygen atoms in total. The SMILES string of the molecule is [O]C[C@@H](O)COP(=O)(O)O. The zero-order chi connectivity index (χ0) is 8.20. The molecule has 0 spiro atoms. The van der Waals surface area contributed by atoms with E-state index in [-0.39, 0.29) is 0 Å². The summed E-state index contributed by atoms with van der Waals surface area (Å²) < 4.78 is 13.7. The molecule has 0 aromatic carbocycles. The second-order valence-electron chi connectivity index (χ2n) is 1.61. The van der Waals surface area contributed by atoms with Gasteiger partial charge < -0.3 is 14.9 Å². The third kappa shape index (κ3) is 6.15. The van der Waals surface area contributed by atoms with Crippen LogP contribution in [0.15, 0.2) is 0 Å². The van der Waals surface area contributed by atoms with Crippen molar-refractivity contribution in [1.82, 2.24) is 0 Å². The molecule has 0 aromatic heterocycles. The molecular weight excluding hydrogens is 163 g/mol. The lowest BCUT2D eigenvalue weighted by Gasteiger charge is -2.07. The lowest BCUT2D eigenvalue weighted by Crippen LogP contribution is -2.17. The molecule has 0 unspecified atom stereocenters. The van der Waals surface area contributed by atoms with Crippen LogP contribution in [0.5, 0.6) is 0 Å². The maximum atomic E-state index is 9.91. The van der Waals surface area contributed by atoms with E-state index in [4.69, 9.17) is 14.9 Å². The van der Waals surface area contributed by atoms with E-state index in [0.717, 1.165) is 0 Å². The smallest absolute Gasteiger partial charge is 0.388 e. The van der Waals surface area contributed by atoms with Crippen LogP contribution in [0.2, 0.25) is 0 Å². The Morgan fingerprint density at radius 3 is 2.30 bits per heavy atom. The van der Waals surface area contributed by atoms with Gasteiger partial charge in [-0.2, -0.15) is 0 Å². The van der Waals surface area contributed by atoms with Crippen molar-refractivity contribution < 1.29 is 29.1 Å². The van der Waals surface area contributed by atoms with Crippen LogP contribution in [-0.4, -0.2) is 34.2 Å². The average Bonchev–Trinajstić information content (AvgIpc) is 1.81. The quantitative estimate of drug-likeness (QED) is 0.464. The van der Waals surface area contributed by atoms with E-state index in [1.165, 1.54) is 0 Å². The number of hydrogen-bond acceptors (Lipinski definition) is 3. The molecular formula is C3H8O6P. The summed E-state index contributed by atoms with van der Waals surface area (Å²) >= 11 is 0. The number of aliphatic hydroxyl groups excluding tert-OH is 1. The van der Waals surface area contributed by atoms with Crippen molar-refractivity contribution in [1.29, 1.82) is 0 Å². The molecule has 7 heteroatoms. The summed E-state index contributed by atoms with van der Waals surface area (Å²) in [4.78, 5) is 16.1. The van der Waals surface area contributed by atoms with Gasteiger partial charge in [0.05, 0.1) is 6.61 Å². The fourth-order valence-electron chi connectivity index (χ4n) is 0.231. The molecule has 0 rings (SSSR count). The molecule has 0 amide bonds. The summed E-state index contributed by atoms with van der Waals surface area (Å²) in [6, 6.07) is 0. The van der Waals surface area contributed by atoms with E-state index < -0.39 is 27.1 Å². The summed E-state index contributed by atoms with van der Waals surface area (Å²) in [5.74, 6) is 0. The topological polar surface area (TPSA) is 107 Å². The molecule has 3 N–H and O–H groups in total. The lowest BCUT2D eigenvalue weighted by molar-refractivity contribution is 0.0166. The van der Waals surface area contributed by atoms with E-state index in [1.54, 1.807) is 0 Å². The Balaban J connectivity index is 3.46. The standard InChI is InChI=1S/C3H8O6P/c4-1-3(5)2-9-10(6,7)8/h3,5H,1-2H2,(H2,6,7,8)/t3-/m1/s1. The van der Waals surface area contributed by atoms with Crippen LogP contribution in [0.4, 0.5) is 0 Å². The number of phosphoric acid groups is 1. The minimum Gasteiger partial charge on any atom is -0.388 e. The largest absolute Gasteiger partial charge is 0.469 e. The highest BCUT2D eigenvalue weighted by Gasteiger charge is 2.16. The van der Waals surface area contributed by atoms with Crippen LogP contribution in [-0.2, 0) is 14.2 Å². The first-order valence-corrected chi connectivity index (χ1v) is 3.95. The normalized spacial score (nSPS) is 15.2. The lowest BCUT2D eigenvalue weighted by atomic mass is 10.4. The Kier molecular flexibility index (Phi) is 4.04. The highest BCUT2D eigenvalue weighted by molar-refractivity contribution is 7.46. The van der Waals surface area contributed by atoms with Crippen molar-refractivity contribution in [2.24, 2.45) is 0 Å². The van der Waals surface area contributed by atoms with E-state index >= 15 is 0 Å². The molecule has 0 heterocycles. The van der Waals surface area contributed by atoms with Gasteiger partial charge in [-0.25, -0.2) is 9.67 Å². The second-order valence-corrected chi connectivity index (χ2v) is 2.85. The first-order valence-electron chi connectivity index (χ1n) is 2.42. The summed E-state index contributed by atoms with van der Waals surface area (Å²) in [5, 5.41) is 18.2. The number of rotatable bonds is 4. The summed E-state index contributed by atoms with van der Waals surface area (Å²) in [5.41, 5.74) is 0. The molecule has 1 radical (unpaired) electrons. The molecule has 0 saturated heterocycles. The monoisotopic (exact) mass is 171 g/mol. The van der Waals surface area contributed by atoms with Crippen molar-refractivity contribution in [3.8, 4) is 0 Å². The highest BCUT2D eigenvalue weighted by atomic mass is 31.2. The van der Waals surface area contributed by atoms with Gasteiger partial charge in [-0.1, -0.05) is 0 Å². The van der Waals surface area contributed by atoms with Gasteiger partial charge in [0.15, 0.2) is 0 Å². The van der Waals surface area contributed by atoms with E-state index in [9.17, 15) is 9.67 Å². The average molecular weight is 171 g/mol. The minimum atomic E-state index is -4.53. The summed E-state index contributed by atoms with van der Waals surface area (Å²) in [6.07, 6.45) is -1.35. The van der Waals surface area contributed by atoms with E-state index in [0.29, 0.717) is 0 Å². The van der Waals surface area contributed by atoms with Crippen LogP contribution < -0.4 is 0 Å². The van der Waals surface area contributed by atoms with Gasteiger partial charge in [0.1, 0.15) is 12.7 Å². The predicted molar refractivity (Wildman–Crippen MR) is 29.6 cm³/mol. The van der Waals surface area contributed by atoms with Crippen molar-refractivity contribution in [2.75, 3.05) is 13.2 Å². The third-order valence-electron chi connectivity index (χ3n) is 0.627. The molecule has 0 bridgehead atoms. The number of hydrogen-bond donors (Lipinski definition) is 3. The molecule has 0 aromatic rings. The maximum absolute atomic E-state index is 9.91. The first kappa shape index (κ1) is 10.0. The number of aliphatic hydroxyl groups is 1. The van der Waals surface area contributed by atoms with Crippen LogP contribution in [0.3, 0.4) is 0 Å². The molecule has 1 atom stereocenters. The zero-order valence-corrected chi connectivity index (χ0v) is 5.90. The number of phosphoric ester groups is 1. The molecule has 10 heavy (non-hydrogen) atoms. The highest BCUT2D eigenvalue weighted by Crippen LogP contribution is 2.35. The van der Waals surface area contributed by atoms with Crippen molar-refractivity contribution in [2.45, 2.75) is 6.10 Å². The summed E-state index contributed by atoms with van der Waals surface area (Å²) in [7, 11) is -4.53. The zero-order valence-electron chi connectivity index (χ0n) is 5.01. The van der Waals surface area contributed by atoms with Gasteiger partial charge in [0, 0.05) is 0 Å². The Hall–Kier alpha value is 0.0300. The van der Waals surface area contributed by atoms with E-state index in [2.05, 4.69) is 4.52 Å². The fourth-order valence-corrected chi connectivity index (χ4v) is 0.598. The molecule has 0 saturated carbocycles. The fraction of sp³-hybridized carbons (Fsp3) is 1.00. The molecule has 0 fully saturated rings. The van der Waals surface area contributed by atoms with Gasteiger partial charge >= 0.3 is 7.82 Å². The second kappa shape index (κ2) is 4.02. The van der Waals surface area contributed by atoms with Crippen molar-refractivity contribution >= 4 is 7.82 Å². The Morgan fingerprint density at radius 2 is 2.00 bits per heavy atom. The molecule has 0 aliphatic heterocycles. The maximum Gasteiger partial charge on any atom is 0.469 e. The summed E-state index contributed by atoms with van der Waals surface area (Å²) in [6.45, 7) is -1.46. The third-order valence-corrected chi connectivity index (χ3v) is 1.11. The van der Waals surface area contributed by atoms with Gasteiger partial charge in [0.25, 0.3) is 0 Å². The molecule has 61 valence electrons. The van der Waals surface area contributed by atoms with Crippen molar-refractivity contribution in [3.63, 3.8) is 0 Å². The molecule has 0 aliphatic rings. The Labute approximate surface area is 57.3 Å². The Morgan fingerprint density at radius 1 is 1.50 bits per heavy atom. The Bertz CT molecular complexity index is 129. The van der Waals surface area contributed by atoms with Gasteiger partial charge in [0.2, 0.25) is 0 Å². The van der Waals surface area contributed by atoms with Gasteiger partial charge in [-0.15, -0.1) is 0 Å². The van der Waals surface area contributed by atoms with Crippen LogP contribution >= 0.6 is 7.82 Å². The van der Waals surface area contributed by atoms with Crippen molar-refractivity contribution in [3.05, 3.63) is 0 Å². The van der Waals surface area contributed by atoms with Crippen LogP contribution in [0, 0.1) is 0 Å². The van der Waals surface area contributed by atoms with Crippen LogP contribution in [0.25, 0.3) is 0 Å². The molecule has 0 aliphatic carbocycles. The van der Waals surface area contributed by atoms with E-state index in [1.807, 2.05) is 0 Å². The van der Waals surface area contributed by atoms with Crippen LogP contribution in [0.1, 0.15) is 0 Å².